The van der Waals surface area contributed by atoms with Gasteiger partial charge in [0.2, 0.25) is 0 Å². The topological polar surface area (TPSA) is 38.7 Å². The number of hydrogen-bond acceptors (Lipinski definition) is 3. The maximum atomic E-state index is 8.82. The first-order valence-electron chi connectivity index (χ1n) is 7.57. The highest BCUT2D eigenvalue weighted by Crippen LogP contribution is 2.14. The van der Waals surface area contributed by atoms with E-state index in [1.54, 1.807) is 24.3 Å². The summed E-state index contributed by atoms with van der Waals surface area (Å²) in [5.41, 5.74) is 2.09. The van der Waals surface area contributed by atoms with Crippen molar-refractivity contribution in [2.45, 2.75) is 13.2 Å². The van der Waals surface area contributed by atoms with Gasteiger partial charge >= 0.3 is 0 Å². The third-order valence-electron chi connectivity index (χ3n) is 2.98. The number of halogens is 1. The van der Waals surface area contributed by atoms with Crippen molar-refractivity contribution in [3.8, 4) is 11.5 Å². The first kappa shape index (κ1) is 19.8. The van der Waals surface area contributed by atoms with E-state index in [4.69, 9.17) is 26.2 Å². The Bertz CT molecular complexity index is 606. The Hall–Kier alpha value is -2.23. The molecule has 1 N–H and O–H groups in total. The molecule has 128 valence electrons. The molecule has 0 saturated carbocycles. The second-order valence-electron chi connectivity index (χ2n) is 4.81. The summed E-state index contributed by atoms with van der Waals surface area (Å²) in [6.07, 6.45) is 3.25. The minimum atomic E-state index is -0.279. The summed E-state index contributed by atoms with van der Waals surface area (Å²) in [7, 11) is 0. The van der Waals surface area contributed by atoms with Crippen molar-refractivity contribution in [2.75, 3.05) is 12.5 Å². The summed E-state index contributed by atoms with van der Waals surface area (Å²) in [4.78, 5) is 0. The monoisotopic (exact) mass is 346 g/mol. The summed E-state index contributed by atoms with van der Waals surface area (Å²) in [6, 6.07) is 14.5. The second-order valence-corrected chi connectivity index (χ2v) is 5.19. The molecule has 0 bridgehead atoms. The van der Waals surface area contributed by atoms with E-state index in [1.807, 2.05) is 43.3 Å². The number of aromatic hydroxyl groups is 1. The van der Waals surface area contributed by atoms with Crippen LogP contribution in [0.4, 0.5) is 0 Å². The number of ether oxygens (including phenoxy) is 2. The highest BCUT2D eigenvalue weighted by molar-refractivity contribution is 6.17. The molecule has 3 nitrogen and oxygen atoms in total. The average Bonchev–Trinajstić information content (AvgIpc) is 2.62. The van der Waals surface area contributed by atoms with Gasteiger partial charge < -0.3 is 14.6 Å². The Morgan fingerprint density at radius 2 is 1.50 bits per heavy atom. The smallest absolute Gasteiger partial charge is 0.197 e. The first-order chi connectivity index (χ1) is 11.6. The maximum absolute atomic E-state index is 8.82. The van der Waals surface area contributed by atoms with Gasteiger partial charge in [-0.3, -0.25) is 0 Å². The van der Waals surface area contributed by atoms with Crippen LogP contribution < -0.4 is 4.74 Å². The third kappa shape index (κ3) is 7.86. The summed E-state index contributed by atoms with van der Waals surface area (Å²) in [5.74, 6) is 1.55. The van der Waals surface area contributed by atoms with Gasteiger partial charge in [0.25, 0.3) is 0 Å². The number of rotatable bonds is 7. The lowest BCUT2D eigenvalue weighted by atomic mass is 10.2. The predicted octanol–water partition coefficient (Wildman–Crippen LogP) is 5.35. The van der Waals surface area contributed by atoms with E-state index in [9.17, 15) is 0 Å². The van der Waals surface area contributed by atoms with Gasteiger partial charge in [0.05, 0.1) is 6.61 Å². The van der Waals surface area contributed by atoms with Crippen LogP contribution in [0.1, 0.15) is 18.1 Å². The molecule has 2 aromatic rings. The van der Waals surface area contributed by atoms with E-state index < -0.39 is 0 Å². The summed E-state index contributed by atoms with van der Waals surface area (Å²) in [5, 5.41) is 8.82. The Balaban J connectivity index is 0.000000272. The summed E-state index contributed by atoms with van der Waals surface area (Å²) in [6.45, 7) is 9.60. The van der Waals surface area contributed by atoms with E-state index in [2.05, 4.69) is 13.2 Å². The molecule has 1 unspecified atom stereocenters. The van der Waals surface area contributed by atoms with Crippen LogP contribution in [0.2, 0.25) is 0 Å². The van der Waals surface area contributed by atoms with Crippen LogP contribution in [0, 0.1) is 0 Å². The van der Waals surface area contributed by atoms with E-state index in [0.29, 0.717) is 18.2 Å². The zero-order chi connectivity index (χ0) is 17.8. The molecule has 0 saturated heterocycles. The van der Waals surface area contributed by atoms with Gasteiger partial charge in [-0.05, 0) is 42.3 Å². The number of hydrogen-bond donors (Lipinski definition) is 1. The van der Waals surface area contributed by atoms with E-state index in [-0.39, 0.29) is 6.29 Å². The molecule has 0 fully saturated rings. The number of phenols is 1. The molecule has 2 rings (SSSR count). The zero-order valence-electron chi connectivity index (χ0n) is 13.8. The van der Waals surface area contributed by atoms with Crippen molar-refractivity contribution in [3.63, 3.8) is 0 Å². The third-order valence-corrected chi connectivity index (χ3v) is 3.13. The Labute approximate surface area is 148 Å². The maximum Gasteiger partial charge on any atom is 0.197 e. The minimum Gasteiger partial charge on any atom is -0.508 e. The normalized spacial score (nSPS) is 10.9. The molecular weight excluding hydrogens is 324 g/mol. The number of benzene rings is 2. The van der Waals surface area contributed by atoms with Gasteiger partial charge in [-0.25, -0.2) is 0 Å². The Kier molecular flexibility index (Phi) is 9.35. The molecular formula is C20H23ClO3. The average molecular weight is 347 g/mol. The molecule has 0 radical (unpaired) electrons. The van der Waals surface area contributed by atoms with Gasteiger partial charge in [-0.2, -0.15) is 0 Å². The highest BCUT2D eigenvalue weighted by Gasteiger charge is 2.02. The van der Waals surface area contributed by atoms with Crippen LogP contribution in [0.15, 0.2) is 61.7 Å². The second kappa shape index (κ2) is 11.3. The fraction of sp³-hybridized carbons (Fsp3) is 0.200. The lowest BCUT2D eigenvalue weighted by molar-refractivity contribution is -0.0605. The first-order valence-corrected chi connectivity index (χ1v) is 8.10. The number of phenolic OH excluding ortho intramolecular Hbond substituents is 1. The van der Waals surface area contributed by atoms with Crippen LogP contribution in [0.3, 0.4) is 0 Å². The lowest BCUT2D eigenvalue weighted by Gasteiger charge is -2.14. The van der Waals surface area contributed by atoms with Crippen LogP contribution in [0.25, 0.3) is 12.2 Å². The van der Waals surface area contributed by atoms with Crippen molar-refractivity contribution < 1.29 is 14.6 Å². The van der Waals surface area contributed by atoms with Gasteiger partial charge in [0, 0.05) is 5.88 Å². The van der Waals surface area contributed by atoms with Crippen molar-refractivity contribution >= 4 is 23.8 Å². The van der Waals surface area contributed by atoms with Crippen molar-refractivity contribution in [1.82, 2.24) is 0 Å². The molecule has 0 heterocycles. The zero-order valence-corrected chi connectivity index (χ0v) is 14.6. The van der Waals surface area contributed by atoms with E-state index in [1.165, 1.54) is 0 Å². The number of alkyl halides is 1. The lowest BCUT2D eigenvalue weighted by Crippen LogP contribution is -2.17. The SMILES string of the molecule is C=Cc1ccc(O)cc1.C=Cc1ccc(OC(C)OCCCl)cc1. The quantitative estimate of drug-likeness (QED) is 0.543. The van der Waals surface area contributed by atoms with Crippen LogP contribution in [-0.2, 0) is 4.74 Å². The molecule has 0 aromatic heterocycles. The molecule has 2 aromatic carbocycles. The molecule has 0 aliphatic rings. The van der Waals surface area contributed by atoms with Crippen LogP contribution in [0.5, 0.6) is 11.5 Å². The minimum absolute atomic E-state index is 0.279. The molecule has 0 amide bonds. The summed E-state index contributed by atoms with van der Waals surface area (Å²) >= 11 is 5.50. The molecule has 0 aliphatic carbocycles. The van der Waals surface area contributed by atoms with Gasteiger partial charge in [0.1, 0.15) is 11.5 Å². The largest absolute Gasteiger partial charge is 0.508 e. The molecule has 1 atom stereocenters. The predicted molar refractivity (Wildman–Crippen MR) is 101 cm³/mol. The van der Waals surface area contributed by atoms with Crippen molar-refractivity contribution in [2.24, 2.45) is 0 Å². The Morgan fingerprint density at radius 3 is 1.96 bits per heavy atom. The van der Waals surface area contributed by atoms with Crippen LogP contribution >= 0.6 is 11.6 Å². The van der Waals surface area contributed by atoms with E-state index >= 15 is 0 Å². The highest BCUT2D eigenvalue weighted by atomic mass is 35.5. The summed E-state index contributed by atoms with van der Waals surface area (Å²) < 4.78 is 10.8. The van der Waals surface area contributed by atoms with Gasteiger partial charge in [-0.1, -0.05) is 49.6 Å². The standard InChI is InChI=1S/C12H15ClO2.C8H8O/c1-3-11-4-6-12(7-5-11)15-10(2)14-9-8-13;1-2-7-3-5-8(9)6-4-7/h3-7,10H,1,8-9H2,2H3;2-6,9H,1H2. The molecule has 0 spiro atoms. The fourth-order valence-electron chi connectivity index (χ4n) is 1.73. The molecule has 0 aliphatic heterocycles. The van der Waals surface area contributed by atoms with Crippen molar-refractivity contribution in [3.05, 3.63) is 72.8 Å². The van der Waals surface area contributed by atoms with Crippen molar-refractivity contribution in [1.29, 1.82) is 0 Å². The molecule has 4 heteroatoms. The van der Waals surface area contributed by atoms with Gasteiger partial charge in [0.15, 0.2) is 6.29 Å². The van der Waals surface area contributed by atoms with Gasteiger partial charge in [-0.15, -0.1) is 11.6 Å². The van der Waals surface area contributed by atoms with E-state index in [0.717, 1.165) is 16.9 Å². The molecule has 24 heavy (non-hydrogen) atoms. The van der Waals surface area contributed by atoms with Crippen LogP contribution in [-0.4, -0.2) is 23.9 Å². The Morgan fingerprint density at radius 1 is 1.00 bits per heavy atom. The fourth-order valence-corrected chi connectivity index (χ4v) is 1.82.